The Hall–Kier alpha value is -2.92. The normalized spacial score (nSPS) is 10.3. The summed E-state index contributed by atoms with van der Waals surface area (Å²) >= 11 is 0. The molecule has 1 amide bonds. The van der Waals surface area contributed by atoms with E-state index in [1.165, 1.54) is 0 Å². The lowest BCUT2D eigenvalue weighted by molar-refractivity contribution is 0.102. The van der Waals surface area contributed by atoms with E-state index in [0.717, 1.165) is 11.1 Å². The maximum atomic E-state index is 12.3. The van der Waals surface area contributed by atoms with Crippen molar-refractivity contribution in [3.63, 3.8) is 0 Å². The fourth-order valence-electron chi connectivity index (χ4n) is 2.13. The van der Waals surface area contributed by atoms with Crippen LogP contribution in [0.5, 0.6) is 0 Å². The lowest BCUT2D eigenvalue weighted by atomic mass is 10.1. The summed E-state index contributed by atoms with van der Waals surface area (Å²) in [6.45, 7) is 0. The summed E-state index contributed by atoms with van der Waals surface area (Å²) in [7, 11) is 0. The zero-order valence-corrected chi connectivity index (χ0v) is 11.2. The molecular formula is C16H14N4O. The molecule has 0 saturated heterocycles. The molecule has 0 radical (unpaired) electrons. The summed E-state index contributed by atoms with van der Waals surface area (Å²) in [5, 5.41) is 3.68. The number of fused-ring (bicyclic) bond motifs is 1. The highest BCUT2D eigenvalue weighted by molar-refractivity contribution is 6.06. The molecule has 3 rings (SSSR count). The van der Waals surface area contributed by atoms with Gasteiger partial charge in [0, 0.05) is 11.1 Å². The summed E-state index contributed by atoms with van der Waals surface area (Å²) in [6, 6.07) is 18.4. The Labute approximate surface area is 121 Å². The van der Waals surface area contributed by atoms with Crippen LogP contribution in [0, 0.1) is 0 Å². The van der Waals surface area contributed by atoms with Gasteiger partial charge in [0.1, 0.15) is 5.69 Å². The summed E-state index contributed by atoms with van der Waals surface area (Å²) in [5.74, 6) is 5.25. The highest BCUT2D eigenvalue weighted by atomic mass is 16.1. The van der Waals surface area contributed by atoms with E-state index in [0.29, 0.717) is 16.9 Å². The maximum absolute atomic E-state index is 12.3. The molecule has 0 aliphatic carbocycles. The number of hydrazine groups is 1. The van der Waals surface area contributed by atoms with Gasteiger partial charge in [-0.05, 0) is 24.3 Å². The van der Waals surface area contributed by atoms with E-state index in [1.807, 2.05) is 54.6 Å². The number of anilines is 2. The van der Waals surface area contributed by atoms with Gasteiger partial charge in [-0.15, -0.1) is 0 Å². The standard InChI is InChI=1S/C16H14N4O/c17-20-14-10-15(19-13-9-5-4-8-12(13)14)16(21)18-11-6-2-1-3-7-11/h1-10H,17H2,(H,18,21)(H,19,20). The molecule has 5 nitrogen and oxygen atoms in total. The number of aromatic nitrogens is 1. The van der Waals surface area contributed by atoms with Gasteiger partial charge in [0.25, 0.3) is 5.91 Å². The largest absolute Gasteiger partial charge is 0.323 e. The summed E-state index contributed by atoms with van der Waals surface area (Å²) in [6.07, 6.45) is 0. The lowest BCUT2D eigenvalue weighted by Crippen LogP contribution is -2.15. The smallest absolute Gasteiger partial charge is 0.274 e. The van der Waals surface area contributed by atoms with Crippen molar-refractivity contribution < 1.29 is 4.79 Å². The highest BCUT2D eigenvalue weighted by Crippen LogP contribution is 2.22. The predicted molar refractivity (Wildman–Crippen MR) is 83.9 cm³/mol. The van der Waals surface area contributed by atoms with Gasteiger partial charge in [-0.2, -0.15) is 0 Å². The van der Waals surface area contributed by atoms with Crippen LogP contribution in [0.25, 0.3) is 10.9 Å². The molecule has 104 valence electrons. The Bertz CT molecular complexity index is 787. The van der Waals surface area contributed by atoms with Gasteiger partial charge in [0.2, 0.25) is 0 Å². The topological polar surface area (TPSA) is 80.0 Å². The van der Waals surface area contributed by atoms with Crippen LogP contribution in [0.15, 0.2) is 60.7 Å². The van der Waals surface area contributed by atoms with Crippen LogP contribution < -0.4 is 16.6 Å². The molecule has 1 heterocycles. The van der Waals surface area contributed by atoms with Crippen molar-refractivity contribution >= 4 is 28.2 Å². The van der Waals surface area contributed by atoms with Crippen LogP contribution in [-0.4, -0.2) is 10.9 Å². The van der Waals surface area contributed by atoms with Crippen molar-refractivity contribution in [2.45, 2.75) is 0 Å². The number of rotatable bonds is 3. The number of carbonyl (C=O) groups is 1. The molecule has 2 aromatic carbocycles. The minimum Gasteiger partial charge on any atom is -0.323 e. The van der Waals surface area contributed by atoms with Crippen LogP contribution in [0.1, 0.15) is 10.5 Å². The van der Waals surface area contributed by atoms with Gasteiger partial charge in [0.05, 0.1) is 11.2 Å². The number of carbonyl (C=O) groups excluding carboxylic acids is 1. The van der Waals surface area contributed by atoms with Crippen LogP contribution in [-0.2, 0) is 0 Å². The maximum Gasteiger partial charge on any atom is 0.274 e. The first-order valence-corrected chi connectivity index (χ1v) is 6.51. The predicted octanol–water partition coefficient (Wildman–Crippen LogP) is 2.77. The van der Waals surface area contributed by atoms with Crippen LogP contribution in [0.4, 0.5) is 11.4 Å². The molecule has 3 aromatic rings. The Balaban J connectivity index is 1.98. The first-order chi connectivity index (χ1) is 10.3. The summed E-state index contributed by atoms with van der Waals surface area (Å²) in [4.78, 5) is 16.7. The second kappa shape index (κ2) is 5.60. The number of hydrogen-bond donors (Lipinski definition) is 3. The number of pyridine rings is 1. The first-order valence-electron chi connectivity index (χ1n) is 6.51. The molecular weight excluding hydrogens is 264 g/mol. The van der Waals surface area contributed by atoms with E-state index in [1.54, 1.807) is 6.07 Å². The number of nitrogens with zero attached hydrogens (tertiary/aromatic N) is 1. The van der Waals surface area contributed by atoms with Gasteiger partial charge in [0.15, 0.2) is 0 Å². The van der Waals surface area contributed by atoms with Crippen LogP contribution >= 0.6 is 0 Å². The minimum atomic E-state index is -0.275. The van der Waals surface area contributed by atoms with Gasteiger partial charge >= 0.3 is 0 Å². The first kappa shape index (κ1) is 13.1. The molecule has 0 fully saturated rings. The van der Waals surface area contributed by atoms with E-state index in [2.05, 4.69) is 15.7 Å². The van der Waals surface area contributed by atoms with E-state index in [9.17, 15) is 4.79 Å². The Morgan fingerprint density at radius 1 is 1.00 bits per heavy atom. The van der Waals surface area contributed by atoms with Crippen molar-refractivity contribution in [1.29, 1.82) is 0 Å². The summed E-state index contributed by atoms with van der Waals surface area (Å²) in [5.41, 5.74) is 5.02. The highest BCUT2D eigenvalue weighted by Gasteiger charge is 2.11. The molecule has 0 saturated carbocycles. The molecule has 4 N–H and O–H groups in total. The van der Waals surface area contributed by atoms with Crippen molar-refractivity contribution in [3.8, 4) is 0 Å². The lowest BCUT2D eigenvalue weighted by Gasteiger charge is -2.09. The molecule has 0 bridgehead atoms. The molecule has 21 heavy (non-hydrogen) atoms. The van der Waals surface area contributed by atoms with Crippen molar-refractivity contribution in [2.24, 2.45) is 5.84 Å². The molecule has 0 unspecified atom stereocenters. The number of hydrogen-bond acceptors (Lipinski definition) is 4. The summed E-state index contributed by atoms with van der Waals surface area (Å²) < 4.78 is 0. The Kier molecular flexibility index (Phi) is 3.49. The zero-order valence-electron chi connectivity index (χ0n) is 11.2. The van der Waals surface area contributed by atoms with Crippen molar-refractivity contribution in [3.05, 3.63) is 66.4 Å². The van der Waals surface area contributed by atoms with E-state index in [-0.39, 0.29) is 5.91 Å². The number of para-hydroxylation sites is 2. The molecule has 5 heteroatoms. The second-order valence-electron chi connectivity index (χ2n) is 4.54. The quantitative estimate of drug-likeness (QED) is 0.508. The fraction of sp³-hybridized carbons (Fsp3) is 0. The minimum absolute atomic E-state index is 0.275. The number of benzene rings is 2. The van der Waals surface area contributed by atoms with Gasteiger partial charge in [-0.3, -0.25) is 10.6 Å². The monoisotopic (exact) mass is 278 g/mol. The van der Waals surface area contributed by atoms with Crippen LogP contribution in [0.3, 0.4) is 0 Å². The Morgan fingerprint density at radius 3 is 2.48 bits per heavy atom. The number of nitrogens with one attached hydrogen (secondary N) is 2. The molecule has 0 aliphatic rings. The van der Waals surface area contributed by atoms with Crippen molar-refractivity contribution in [1.82, 2.24) is 4.98 Å². The number of amides is 1. The van der Waals surface area contributed by atoms with Crippen molar-refractivity contribution in [2.75, 3.05) is 10.7 Å². The molecule has 0 atom stereocenters. The SMILES string of the molecule is NNc1cc(C(=O)Nc2ccccc2)nc2ccccc12. The van der Waals surface area contributed by atoms with E-state index in [4.69, 9.17) is 5.84 Å². The van der Waals surface area contributed by atoms with Gasteiger partial charge in [-0.1, -0.05) is 36.4 Å². The third-order valence-corrected chi connectivity index (χ3v) is 3.14. The molecule has 0 spiro atoms. The molecule has 0 aliphatic heterocycles. The third kappa shape index (κ3) is 2.68. The Morgan fingerprint density at radius 2 is 1.71 bits per heavy atom. The van der Waals surface area contributed by atoms with Gasteiger partial charge < -0.3 is 10.7 Å². The van der Waals surface area contributed by atoms with Gasteiger partial charge in [-0.25, -0.2) is 4.98 Å². The fourth-order valence-corrected chi connectivity index (χ4v) is 2.13. The average molecular weight is 278 g/mol. The molecule has 1 aromatic heterocycles. The second-order valence-corrected chi connectivity index (χ2v) is 4.54. The number of nitrogens with two attached hydrogens (primary N) is 1. The van der Waals surface area contributed by atoms with E-state index >= 15 is 0 Å². The average Bonchev–Trinajstić information content (AvgIpc) is 2.54. The zero-order chi connectivity index (χ0) is 14.7. The van der Waals surface area contributed by atoms with Crippen LogP contribution in [0.2, 0.25) is 0 Å². The van der Waals surface area contributed by atoms with E-state index < -0.39 is 0 Å². The third-order valence-electron chi connectivity index (χ3n) is 3.14. The number of nitrogen functional groups attached to an aromatic ring is 1.